The Hall–Kier alpha value is -2.22. The molecule has 0 unspecified atom stereocenters. The minimum atomic E-state index is -0.536. The number of rotatable bonds is 2. The Labute approximate surface area is 165 Å². The summed E-state index contributed by atoms with van der Waals surface area (Å²) in [6, 6.07) is 8.48. The van der Waals surface area contributed by atoms with Gasteiger partial charge < -0.3 is 4.42 Å². The molecule has 26 heavy (non-hydrogen) atoms. The molecule has 9 heteroatoms. The van der Waals surface area contributed by atoms with Crippen LogP contribution >= 0.6 is 39.1 Å². The Balaban J connectivity index is 2.01. The van der Waals surface area contributed by atoms with E-state index in [4.69, 9.17) is 27.6 Å². The molecular formula is C17H9BrCl2N4O2. The Morgan fingerprint density at radius 3 is 2.77 bits per heavy atom. The standard InChI is InChI=1S/C17H9BrCl2N4O2/c1-8-5-9-14(11(20)6-8)22-16(26-17(9)25)12-7-13(18)23-24(12)15-10(19)3-2-4-21-15/h2-7H,1H3. The van der Waals surface area contributed by atoms with Gasteiger partial charge in [-0.3, -0.25) is 0 Å². The van der Waals surface area contributed by atoms with Gasteiger partial charge in [-0.2, -0.15) is 5.10 Å². The van der Waals surface area contributed by atoms with Gasteiger partial charge in [-0.15, -0.1) is 0 Å². The molecule has 0 aliphatic carbocycles. The van der Waals surface area contributed by atoms with Crippen molar-refractivity contribution in [2.24, 2.45) is 0 Å². The van der Waals surface area contributed by atoms with Crippen molar-refractivity contribution in [1.29, 1.82) is 0 Å². The van der Waals surface area contributed by atoms with Gasteiger partial charge in [0.15, 0.2) is 5.82 Å². The van der Waals surface area contributed by atoms with Gasteiger partial charge >= 0.3 is 5.63 Å². The van der Waals surface area contributed by atoms with Crippen LogP contribution in [0.5, 0.6) is 0 Å². The number of halogens is 3. The van der Waals surface area contributed by atoms with Gasteiger partial charge in [-0.05, 0) is 52.7 Å². The van der Waals surface area contributed by atoms with Crippen LogP contribution in [0.3, 0.4) is 0 Å². The van der Waals surface area contributed by atoms with Gasteiger partial charge in [0.05, 0.1) is 15.4 Å². The Bertz CT molecular complexity index is 1220. The van der Waals surface area contributed by atoms with Crippen molar-refractivity contribution >= 4 is 50.0 Å². The van der Waals surface area contributed by atoms with Gasteiger partial charge in [0.2, 0.25) is 5.89 Å². The van der Waals surface area contributed by atoms with E-state index >= 15 is 0 Å². The van der Waals surface area contributed by atoms with Gasteiger partial charge in [0.1, 0.15) is 15.8 Å². The zero-order valence-electron chi connectivity index (χ0n) is 13.2. The lowest BCUT2D eigenvalue weighted by molar-refractivity contribution is 0.513. The molecule has 130 valence electrons. The first-order chi connectivity index (χ1) is 12.4. The van der Waals surface area contributed by atoms with Crippen LogP contribution in [0.15, 0.2) is 50.3 Å². The molecule has 0 aliphatic rings. The van der Waals surface area contributed by atoms with E-state index in [9.17, 15) is 4.79 Å². The van der Waals surface area contributed by atoms with E-state index < -0.39 is 5.63 Å². The van der Waals surface area contributed by atoms with Crippen LogP contribution in [0.25, 0.3) is 28.3 Å². The lowest BCUT2D eigenvalue weighted by Gasteiger charge is -2.08. The second kappa shape index (κ2) is 6.50. The first-order valence-electron chi connectivity index (χ1n) is 7.42. The fourth-order valence-corrected chi connectivity index (χ4v) is 3.47. The third-order valence-electron chi connectivity index (χ3n) is 3.67. The maximum absolute atomic E-state index is 12.5. The number of aryl methyl sites for hydroxylation is 1. The van der Waals surface area contributed by atoms with E-state index in [1.165, 1.54) is 4.68 Å². The average Bonchev–Trinajstić information content (AvgIpc) is 2.97. The predicted molar refractivity (Wildman–Crippen MR) is 103 cm³/mol. The summed E-state index contributed by atoms with van der Waals surface area (Å²) in [6.07, 6.45) is 1.59. The maximum atomic E-state index is 12.5. The Morgan fingerprint density at radius 1 is 1.19 bits per heavy atom. The van der Waals surface area contributed by atoms with E-state index in [1.54, 1.807) is 36.5 Å². The molecule has 0 aliphatic heterocycles. The van der Waals surface area contributed by atoms with Crippen LogP contribution in [0.4, 0.5) is 0 Å². The highest BCUT2D eigenvalue weighted by Gasteiger charge is 2.19. The van der Waals surface area contributed by atoms with E-state index in [2.05, 4.69) is 31.0 Å². The van der Waals surface area contributed by atoms with E-state index in [-0.39, 0.29) is 5.89 Å². The fraction of sp³-hybridized carbons (Fsp3) is 0.0588. The second-order valence-electron chi connectivity index (χ2n) is 5.52. The molecule has 4 rings (SSSR count). The van der Waals surface area contributed by atoms with Crippen LogP contribution in [-0.4, -0.2) is 19.7 Å². The highest BCUT2D eigenvalue weighted by atomic mass is 79.9. The average molecular weight is 452 g/mol. The topological polar surface area (TPSA) is 73.8 Å². The molecule has 3 heterocycles. The molecule has 0 amide bonds. The van der Waals surface area contributed by atoms with Gasteiger partial charge in [0.25, 0.3) is 0 Å². The molecule has 4 aromatic rings. The summed E-state index contributed by atoms with van der Waals surface area (Å²) in [5, 5.41) is 5.40. The van der Waals surface area contributed by atoms with Crippen molar-refractivity contribution in [2.75, 3.05) is 0 Å². The molecular weight excluding hydrogens is 443 g/mol. The lowest BCUT2D eigenvalue weighted by atomic mass is 10.2. The molecule has 0 saturated heterocycles. The third-order valence-corrected chi connectivity index (χ3v) is 4.64. The van der Waals surface area contributed by atoms with Crippen LogP contribution in [0, 0.1) is 6.92 Å². The fourth-order valence-electron chi connectivity index (χ4n) is 2.58. The largest absolute Gasteiger partial charge is 0.401 e. The van der Waals surface area contributed by atoms with Gasteiger partial charge in [-0.25, -0.2) is 19.4 Å². The molecule has 0 radical (unpaired) electrons. The normalized spacial score (nSPS) is 11.2. The first-order valence-corrected chi connectivity index (χ1v) is 8.97. The van der Waals surface area contributed by atoms with Gasteiger partial charge in [0, 0.05) is 12.3 Å². The summed E-state index contributed by atoms with van der Waals surface area (Å²) >= 11 is 15.8. The van der Waals surface area contributed by atoms with Crippen molar-refractivity contribution in [3.05, 3.63) is 67.2 Å². The SMILES string of the molecule is Cc1cc(Cl)c2nc(-c3cc(Br)nn3-c3ncccc3Cl)oc(=O)c2c1. The van der Waals surface area contributed by atoms with E-state index in [1.807, 2.05) is 6.92 Å². The number of hydrogen-bond acceptors (Lipinski definition) is 5. The summed E-state index contributed by atoms with van der Waals surface area (Å²) < 4.78 is 7.38. The van der Waals surface area contributed by atoms with Gasteiger partial charge in [-0.1, -0.05) is 23.2 Å². The Morgan fingerprint density at radius 2 is 2.00 bits per heavy atom. The zero-order valence-corrected chi connectivity index (χ0v) is 16.3. The molecule has 1 aromatic carbocycles. The quantitative estimate of drug-likeness (QED) is 0.437. The van der Waals surface area contributed by atoms with Crippen LogP contribution in [0.1, 0.15) is 5.56 Å². The van der Waals surface area contributed by atoms with Crippen molar-refractivity contribution < 1.29 is 4.42 Å². The van der Waals surface area contributed by atoms with Crippen molar-refractivity contribution in [3.63, 3.8) is 0 Å². The van der Waals surface area contributed by atoms with Crippen molar-refractivity contribution in [1.82, 2.24) is 19.7 Å². The van der Waals surface area contributed by atoms with E-state index in [0.717, 1.165) is 5.56 Å². The number of aromatic nitrogens is 4. The summed E-state index contributed by atoms with van der Waals surface area (Å²) in [5.74, 6) is 0.447. The lowest BCUT2D eigenvalue weighted by Crippen LogP contribution is -2.07. The molecule has 0 N–H and O–H groups in total. The molecule has 0 spiro atoms. The molecule has 0 fully saturated rings. The first kappa shape index (κ1) is 17.2. The molecule has 0 saturated carbocycles. The minimum absolute atomic E-state index is 0.0631. The number of pyridine rings is 1. The molecule has 0 atom stereocenters. The number of nitrogens with zero attached hydrogens (tertiary/aromatic N) is 4. The van der Waals surface area contributed by atoms with Crippen molar-refractivity contribution in [3.8, 4) is 17.4 Å². The minimum Gasteiger partial charge on any atom is -0.401 e. The molecule has 0 bridgehead atoms. The molecule has 3 aromatic heterocycles. The van der Waals surface area contributed by atoms with Crippen LogP contribution in [0.2, 0.25) is 10.0 Å². The summed E-state index contributed by atoms with van der Waals surface area (Å²) in [5.41, 5.74) is 1.08. The highest BCUT2D eigenvalue weighted by molar-refractivity contribution is 9.10. The summed E-state index contributed by atoms with van der Waals surface area (Å²) in [7, 11) is 0. The molecule has 6 nitrogen and oxygen atoms in total. The van der Waals surface area contributed by atoms with Crippen LogP contribution in [-0.2, 0) is 0 Å². The van der Waals surface area contributed by atoms with Crippen molar-refractivity contribution in [2.45, 2.75) is 6.92 Å². The smallest absolute Gasteiger partial charge is 0.347 e. The second-order valence-corrected chi connectivity index (χ2v) is 7.15. The number of fused-ring (bicyclic) bond motifs is 1. The maximum Gasteiger partial charge on any atom is 0.347 e. The third kappa shape index (κ3) is 2.92. The van der Waals surface area contributed by atoms with Crippen LogP contribution < -0.4 is 5.63 Å². The van der Waals surface area contributed by atoms with E-state index in [0.29, 0.717) is 37.1 Å². The number of benzene rings is 1. The predicted octanol–water partition coefficient (Wildman–Crippen LogP) is 4.81. The Kier molecular flexibility index (Phi) is 4.30. The summed E-state index contributed by atoms with van der Waals surface area (Å²) in [4.78, 5) is 21.1. The highest BCUT2D eigenvalue weighted by Crippen LogP contribution is 2.29. The monoisotopic (exact) mass is 450 g/mol. The number of hydrogen-bond donors (Lipinski definition) is 0. The summed E-state index contributed by atoms with van der Waals surface area (Å²) in [6.45, 7) is 1.84. The zero-order chi connectivity index (χ0) is 18.4.